The zero-order valence-corrected chi connectivity index (χ0v) is 17.1. The summed E-state index contributed by atoms with van der Waals surface area (Å²) in [6, 6.07) is 4.40. The molecule has 1 saturated heterocycles. The molecular weight excluding hydrogens is 406 g/mol. The number of ether oxygens (including phenoxy) is 2. The van der Waals surface area contributed by atoms with Crippen LogP contribution in [0.5, 0.6) is 5.75 Å². The van der Waals surface area contributed by atoms with Crippen LogP contribution in [0.2, 0.25) is 0 Å². The quantitative estimate of drug-likeness (QED) is 0.638. The number of anilines is 1. The fourth-order valence-corrected chi connectivity index (χ4v) is 4.72. The number of benzene rings is 1. The van der Waals surface area contributed by atoms with Gasteiger partial charge in [0.25, 0.3) is 0 Å². The Bertz CT molecular complexity index is 941. The molecule has 28 heavy (non-hydrogen) atoms. The third-order valence-electron chi connectivity index (χ3n) is 4.06. The number of amides is 1. The molecule has 1 aromatic heterocycles. The average Bonchev–Trinajstić information content (AvgIpc) is 3.12. The molecule has 12 heteroatoms. The molecule has 0 spiro atoms. The van der Waals surface area contributed by atoms with Crippen LogP contribution < -0.4 is 10.1 Å². The van der Waals surface area contributed by atoms with E-state index >= 15 is 0 Å². The molecule has 1 N–H and O–H groups in total. The van der Waals surface area contributed by atoms with E-state index in [1.165, 1.54) is 41.4 Å². The van der Waals surface area contributed by atoms with Gasteiger partial charge in [-0.15, -0.1) is 10.2 Å². The number of hydrogen-bond donors (Lipinski definition) is 1. The number of thioether (sulfide) groups is 1. The van der Waals surface area contributed by atoms with Crippen molar-refractivity contribution in [1.82, 2.24) is 19.1 Å². The summed E-state index contributed by atoms with van der Waals surface area (Å²) in [5, 5.41) is 11.0. The van der Waals surface area contributed by atoms with E-state index in [2.05, 4.69) is 15.5 Å². The largest absolute Gasteiger partial charge is 0.495 e. The standard InChI is InChI=1S/C16H21N5O5S2/c1-20-11-17-19-16(20)27-10-15(22)18-13-9-12(3-4-14(13)25-2)28(23,24)21-5-7-26-8-6-21/h3-4,9,11H,5-8,10H2,1-2H3,(H,18,22). The normalized spacial score (nSPS) is 15.4. The maximum Gasteiger partial charge on any atom is 0.243 e. The Morgan fingerprint density at radius 1 is 1.36 bits per heavy atom. The van der Waals surface area contributed by atoms with Crippen molar-refractivity contribution in [2.75, 3.05) is 44.5 Å². The molecule has 2 heterocycles. The fraction of sp³-hybridized carbons (Fsp3) is 0.438. The van der Waals surface area contributed by atoms with Crippen molar-refractivity contribution in [3.05, 3.63) is 24.5 Å². The Balaban J connectivity index is 1.75. The Morgan fingerprint density at radius 3 is 2.75 bits per heavy atom. The predicted molar refractivity (Wildman–Crippen MR) is 103 cm³/mol. The van der Waals surface area contributed by atoms with E-state index in [1.807, 2.05) is 0 Å². The zero-order valence-electron chi connectivity index (χ0n) is 15.5. The van der Waals surface area contributed by atoms with E-state index < -0.39 is 10.0 Å². The van der Waals surface area contributed by atoms with Gasteiger partial charge in [-0.25, -0.2) is 8.42 Å². The number of nitrogens with one attached hydrogen (secondary N) is 1. The number of aromatic nitrogens is 3. The molecule has 0 bridgehead atoms. The van der Waals surface area contributed by atoms with Crippen LogP contribution in [0.1, 0.15) is 0 Å². The molecule has 1 aliphatic heterocycles. The molecular formula is C16H21N5O5S2. The maximum absolute atomic E-state index is 12.8. The van der Waals surface area contributed by atoms with E-state index in [4.69, 9.17) is 9.47 Å². The molecule has 1 aromatic carbocycles. The SMILES string of the molecule is COc1ccc(S(=O)(=O)N2CCOCC2)cc1NC(=O)CSc1nncn1C. The molecule has 3 rings (SSSR count). The Morgan fingerprint density at radius 2 is 2.11 bits per heavy atom. The van der Waals surface area contributed by atoms with Gasteiger partial charge in [0, 0.05) is 20.1 Å². The lowest BCUT2D eigenvalue weighted by molar-refractivity contribution is -0.113. The van der Waals surface area contributed by atoms with Crippen molar-refractivity contribution < 1.29 is 22.7 Å². The molecule has 2 aromatic rings. The van der Waals surface area contributed by atoms with Gasteiger partial charge in [0.1, 0.15) is 12.1 Å². The van der Waals surface area contributed by atoms with Gasteiger partial charge in [0.05, 0.1) is 36.7 Å². The fourth-order valence-electron chi connectivity index (χ4n) is 2.60. The third kappa shape index (κ3) is 4.63. The number of morpholine rings is 1. The smallest absolute Gasteiger partial charge is 0.243 e. The second-order valence-electron chi connectivity index (χ2n) is 5.94. The highest BCUT2D eigenvalue weighted by Crippen LogP contribution is 2.29. The van der Waals surface area contributed by atoms with Crippen LogP contribution in [0.3, 0.4) is 0 Å². The molecule has 1 fully saturated rings. The van der Waals surface area contributed by atoms with Crippen LogP contribution in [0, 0.1) is 0 Å². The van der Waals surface area contributed by atoms with E-state index in [1.54, 1.807) is 17.9 Å². The molecule has 0 saturated carbocycles. The number of rotatable bonds is 7. The first-order valence-corrected chi connectivity index (χ1v) is 10.9. The van der Waals surface area contributed by atoms with E-state index in [0.717, 1.165) is 0 Å². The van der Waals surface area contributed by atoms with Crippen molar-refractivity contribution >= 4 is 33.4 Å². The molecule has 1 aliphatic rings. The highest BCUT2D eigenvalue weighted by molar-refractivity contribution is 7.99. The lowest BCUT2D eigenvalue weighted by Gasteiger charge is -2.26. The minimum absolute atomic E-state index is 0.0893. The number of carbonyl (C=O) groups excluding carboxylic acids is 1. The Hall–Kier alpha value is -2.15. The van der Waals surface area contributed by atoms with E-state index in [-0.39, 0.29) is 16.6 Å². The van der Waals surface area contributed by atoms with Crippen LogP contribution in [0.25, 0.3) is 0 Å². The van der Waals surface area contributed by atoms with Gasteiger partial charge < -0.3 is 19.4 Å². The van der Waals surface area contributed by atoms with Crippen molar-refractivity contribution in [3.8, 4) is 5.75 Å². The van der Waals surface area contributed by atoms with Gasteiger partial charge in [-0.2, -0.15) is 4.31 Å². The van der Waals surface area contributed by atoms with Crippen molar-refractivity contribution in [1.29, 1.82) is 0 Å². The second-order valence-corrected chi connectivity index (χ2v) is 8.82. The van der Waals surface area contributed by atoms with Crippen LogP contribution in [-0.4, -0.2) is 72.6 Å². The minimum atomic E-state index is -3.68. The average molecular weight is 428 g/mol. The summed E-state index contributed by atoms with van der Waals surface area (Å²) >= 11 is 1.22. The second kappa shape index (κ2) is 8.90. The highest BCUT2D eigenvalue weighted by atomic mass is 32.2. The number of hydrogen-bond acceptors (Lipinski definition) is 8. The predicted octanol–water partition coefficient (Wildman–Crippen LogP) is 0.575. The van der Waals surface area contributed by atoms with Gasteiger partial charge in [0.2, 0.25) is 15.9 Å². The van der Waals surface area contributed by atoms with Gasteiger partial charge in [-0.1, -0.05) is 11.8 Å². The summed E-state index contributed by atoms with van der Waals surface area (Å²) in [4.78, 5) is 12.4. The minimum Gasteiger partial charge on any atom is -0.495 e. The van der Waals surface area contributed by atoms with Crippen LogP contribution in [-0.2, 0) is 26.6 Å². The summed E-state index contributed by atoms with van der Waals surface area (Å²) < 4.78 is 39.2. The first kappa shape index (κ1) is 20.6. The topological polar surface area (TPSA) is 116 Å². The first-order chi connectivity index (χ1) is 13.4. The van der Waals surface area contributed by atoms with Crippen molar-refractivity contribution in [3.63, 3.8) is 0 Å². The number of methoxy groups -OCH3 is 1. The molecule has 0 aliphatic carbocycles. The molecule has 152 valence electrons. The molecule has 0 unspecified atom stereocenters. The first-order valence-electron chi connectivity index (χ1n) is 8.44. The summed E-state index contributed by atoms with van der Waals surface area (Å²) in [6.45, 7) is 1.31. The van der Waals surface area contributed by atoms with Crippen LogP contribution in [0.15, 0.2) is 34.6 Å². The molecule has 0 radical (unpaired) electrons. The lowest BCUT2D eigenvalue weighted by Crippen LogP contribution is -2.40. The summed E-state index contributed by atoms with van der Waals surface area (Å²) in [5.41, 5.74) is 0.292. The van der Waals surface area contributed by atoms with Gasteiger partial charge in [-0.05, 0) is 18.2 Å². The van der Waals surface area contributed by atoms with Gasteiger partial charge in [0.15, 0.2) is 5.16 Å². The zero-order chi connectivity index (χ0) is 20.1. The molecule has 10 nitrogen and oxygen atoms in total. The molecule has 1 amide bonds. The number of nitrogens with zero attached hydrogens (tertiary/aromatic N) is 4. The van der Waals surface area contributed by atoms with Gasteiger partial charge in [-0.3, -0.25) is 4.79 Å². The van der Waals surface area contributed by atoms with E-state index in [9.17, 15) is 13.2 Å². The Labute approximate surface area is 167 Å². The maximum atomic E-state index is 12.8. The lowest BCUT2D eigenvalue weighted by atomic mass is 10.3. The summed E-state index contributed by atoms with van der Waals surface area (Å²) in [7, 11) is -0.444. The Kier molecular flexibility index (Phi) is 6.54. The number of sulfonamides is 1. The summed E-state index contributed by atoms with van der Waals surface area (Å²) in [6.07, 6.45) is 1.54. The van der Waals surface area contributed by atoms with Crippen molar-refractivity contribution in [2.24, 2.45) is 7.05 Å². The highest BCUT2D eigenvalue weighted by Gasteiger charge is 2.27. The number of carbonyl (C=O) groups is 1. The van der Waals surface area contributed by atoms with E-state index in [0.29, 0.717) is 42.9 Å². The van der Waals surface area contributed by atoms with Crippen LogP contribution in [0.4, 0.5) is 5.69 Å². The monoisotopic (exact) mass is 427 g/mol. The van der Waals surface area contributed by atoms with Crippen molar-refractivity contribution in [2.45, 2.75) is 10.1 Å². The number of aryl methyl sites for hydroxylation is 1. The van der Waals surface area contributed by atoms with Gasteiger partial charge >= 0.3 is 0 Å². The van der Waals surface area contributed by atoms with Crippen LogP contribution >= 0.6 is 11.8 Å². The third-order valence-corrected chi connectivity index (χ3v) is 6.98. The molecule has 0 atom stereocenters. The summed E-state index contributed by atoms with van der Waals surface area (Å²) in [5.74, 6) is 0.154.